The van der Waals surface area contributed by atoms with Gasteiger partial charge in [0.1, 0.15) is 13.2 Å². The van der Waals surface area contributed by atoms with Gasteiger partial charge in [-0.1, -0.05) is 13.0 Å². The van der Waals surface area contributed by atoms with Gasteiger partial charge in [-0.25, -0.2) is 0 Å². The molecule has 0 bridgehead atoms. The van der Waals surface area contributed by atoms with Crippen LogP contribution in [0.5, 0.6) is 11.5 Å². The van der Waals surface area contributed by atoms with E-state index in [-0.39, 0.29) is 0 Å². The van der Waals surface area contributed by atoms with Crippen molar-refractivity contribution in [2.24, 2.45) is 0 Å². The molecule has 5 heteroatoms. The van der Waals surface area contributed by atoms with Gasteiger partial charge in [0.25, 0.3) is 0 Å². The molecule has 2 heterocycles. The largest absolute Gasteiger partial charge is 0.486 e. The average Bonchev–Trinajstić information content (AvgIpc) is 2.48. The third kappa shape index (κ3) is 3.84. The van der Waals surface area contributed by atoms with E-state index in [0.717, 1.165) is 43.4 Å². The van der Waals surface area contributed by atoms with Crippen molar-refractivity contribution in [1.82, 2.24) is 5.32 Å². The topological polar surface area (TPSA) is 39.7 Å². The van der Waals surface area contributed by atoms with Gasteiger partial charge in [-0.15, -0.1) is 0 Å². The molecular formula is C16H23NO3S. The molecule has 1 atom stereocenters. The molecule has 2 aliphatic heterocycles. The molecule has 0 amide bonds. The van der Waals surface area contributed by atoms with E-state index in [1.54, 1.807) is 0 Å². The normalized spacial score (nSPS) is 19.1. The molecule has 0 aromatic heterocycles. The summed E-state index contributed by atoms with van der Waals surface area (Å²) >= 11 is 1.99. The number of hydrogen-bond acceptors (Lipinski definition) is 5. The van der Waals surface area contributed by atoms with E-state index in [4.69, 9.17) is 14.2 Å². The molecule has 0 aliphatic carbocycles. The van der Waals surface area contributed by atoms with E-state index < -0.39 is 0 Å². The Hall–Kier alpha value is -0.910. The van der Waals surface area contributed by atoms with Crippen LogP contribution in [-0.2, 0) is 4.74 Å². The van der Waals surface area contributed by atoms with Crippen LogP contribution in [0.3, 0.4) is 0 Å². The Morgan fingerprint density at radius 3 is 2.76 bits per heavy atom. The number of thioether (sulfide) groups is 1. The van der Waals surface area contributed by atoms with E-state index in [2.05, 4.69) is 24.4 Å². The van der Waals surface area contributed by atoms with Crippen LogP contribution >= 0.6 is 11.8 Å². The van der Waals surface area contributed by atoms with Gasteiger partial charge in [-0.3, -0.25) is 0 Å². The predicted octanol–water partition coefficient (Wildman–Crippen LogP) is 2.63. The average molecular weight is 309 g/mol. The van der Waals surface area contributed by atoms with Gasteiger partial charge in [0.15, 0.2) is 11.5 Å². The molecule has 3 rings (SSSR count). The number of fused-ring (bicyclic) bond motifs is 1. The van der Waals surface area contributed by atoms with Crippen LogP contribution in [0, 0.1) is 0 Å². The number of hydrogen-bond donors (Lipinski definition) is 1. The van der Waals surface area contributed by atoms with Crippen LogP contribution in [0.15, 0.2) is 18.2 Å². The van der Waals surface area contributed by atoms with Crippen molar-refractivity contribution in [2.75, 3.05) is 38.7 Å². The third-order valence-electron chi connectivity index (χ3n) is 3.72. The van der Waals surface area contributed by atoms with Crippen molar-refractivity contribution in [2.45, 2.75) is 24.6 Å². The maximum Gasteiger partial charge on any atom is 0.161 e. The summed E-state index contributed by atoms with van der Waals surface area (Å²) in [5, 5.41) is 4.30. The standard InChI is InChI=1S/C16H23NO3S/c1-2-5-17-14(11-21-13-9-18-10-13)12-3-4-15-16(8-12)20-7-6-19-15/h3-4,8,13-14,17H,2,5-7,9-11H2,1H3. The molecule has 1 saturated heterocycles. The minimum Gasteiger partial charge on any atom is -0.486 e. The highest BCUT2D eigenvalue weighted by Crippen LogP contribution is 2.34. The van der Waals surface area contributed by atoms with E-state index >= 15 is 0 Å². The molecule has 0 radical (unpaired) electrons. The SMILES string of the molecule is CCCNC(CSC1COC1)c1ccc2c(c1)OCCO2. The fourth-order valence-corrected chi connectivity index (χ4v) is 3.57. The fraction of sp³-hybridized carbons (Fsp3) is 0.625. The van der Waals surface area contributed by atoms with Gasteiger partial charge in [-0.2, -0.15) is 11.8 Å². The van der Waals surface area contributed by atoms with E-state index in [9.17, 15) is 0 Å². The third-order valence-corrected chi connectivity index (χ3v) is 4.98. The summed E-state index contributed by atoms with van der Waals surface area (Å²) in [4.78, 5) is 0. The first-order valence-electron chi connectivity index (χ1n) is 7.69. The van der Waals surface area contributed by atoms with Gasteiger partial charge in [-0.05, 0) is 30.7 Å². The van der Waals surface area contributed by atoms with Crippen molar-refractivity contribution < 1.29 is 14.2 Å². The van der Waals surface area contributed by atoms with Crippen molar-refractivity contribution in [1.29, 1.82) is 0 Å². The minimum atomic E-state index is 0.353. The summed E-state index contributed by atoms with van der Waals surface area (Å²) in [6, 6.07) is 6.66. The van der Waals surface area contributed by atoms with Gasteiger partial charge in [0.05, 0.1) is 18.5 Å². The molecule has 1 unspecified atom stereocenters. The summed E-state index contributed by atoms with van der Waals surface area (Å²) < 4.78 is 16.5. The quantitative estimate of drug-likeness (QED) is 0.838. The summed E-state index contributed by atoms with van der Waals surface area (Å²) in [5.74, 6) is 2.80. The zero-order chi connectivity index (χ0) is 14.5. The second-order valence-electron chi connectivity index (χ2n) is 5.40. The highest BCUT2D eigenvalue weighted by Gasteiger charge is 2.22. The van der Waals surface area contributed by atoms with Crippen molar-refractivity contribution >= 4 is 11.8 Å². The van der Waals surface area contributed by atoms with Gasteiger partial charge in [0.2, 0.25) is 0 Å². The van der Waals surface area contributed by atoms with E-state index in [1.807, 2.05) is 17.8 Å². The Labute approximate surface area is 130 Å². The first-order chi connectivity index (χ1) is 10.4. The van der Waals surface area contributed by atoms with Crippen LogP contribution in [0.4, 0.5) is 0 Å². The maximum absolute atomic E-state index is 5.70. The molecule has 1 aromatic rings. The monoisotopic (exact) mass is 309 g/mol. The molecular weight excluding hydrogens is 286 g/mol. The predicted molar refractivity (Wildman–Crippen MR) is 85.5 cm³/mol. The van der Waals surface area contributed by atoms with Gasteiger partial charge in [0, 0.05) is 11.8 Å². The Bertz CT molecular complexity index is 465. The molecule has 4 nitrogen and oxygen atoms in total. The first kappa shape index (κ1) is 15.0. The zero-order valence-corrected chi connectivity index (χ0v) is 13.3. The van der Waals surface area contributed by atoms with Gasteiger partial charge >= 0.3 is 0 Å². The van der Waals surface area contributed by atoms with Crippen LogP contribution in [-0.4, -0.2) is 44.0 Å². The van der Waals surface area contributed by atoms with E-state index in [1.165, 1.54) is 5.56 Å². The number of nitrogens with one attached hydrogen (secondary N) is 1. The number of benzene rings is 1. The van der Waals surface area contributed by atoms with Crippen LogP contribution < -0.4 is 14.8 Å². The van der Waals surface area contributed by atoms with Crippen LogP contribution in [0.25, 0.3) is 0 Å². The molecule has 0 spiro atoms. The van der Waals surface area contributed by atoms with Crippen molar-refractivity contribution in [3.05, 3.63) is 23.8 Å². The second-order valence-corrected chi connectivity index (χ2v) is 6.74. The van der Waals surface area contributed by atoms with Gasteiger partial charge < -0.3 is 19.5 Å². The molecule has 2 aliphatic rings. The lowest BCUT2D eigenvalue weighted by Crippen LogP contribution is -2.33. The number of rotatable bonds is 7. The lowest BCUT2D eigenvalue weighted by atomic mass is 10.1. The summed E-state index contributed by atoms with van der Waals surface area (Å²) in [6.45, 7) is 6.29. The lowest BCUT2D eigenvalue weighted by molar-refractivity contribution is 0.0455. The summed E-state index contributed by atoms with van der Waals surface area (Å²) in [5.41, 5.74) is 1.28. The Morgan fingerprint density at radius 1 is 1.24 bits per heavy atom. The highest BCUT2D eigenvalue weighted by molar-refractivity contribution is 8.00. The van der Waals surface area contributed by atoms with Crippen LogP contribution in [0.1, 0.15) is 24.9 Å². The summed E-state index contributed by atoms with van der Waals surface area (Å²) in [6.07, 6.45) is 1.14. The maximum atomic E-state index is 5.70. The zero-order valence-electron chi connectivity index (χ0n) is 12.5. The minimum absolute atomic E-state index is 0.353. The van der Waals surface area contributed by atoms with Crippen molar-refractivity contribution in [3.8, 4) is 11.5 Å². The molecule has 1 aromatic carbocycles. The summed E-state index contributed by atoms with van der Waals surface area (Å²) in [7, 11) is 0. The van der Waals surface area contributed by atoms with Crippen LogP contribution in [0.2, 0.25) is 0 Å². The van der Waals surface area contributed by atoms with E-state index in [0.29, 0.717) is 24.5 Å². The Kier molecular flexibility index (Phi) is 5.27. The molecule has 21 heavy (non-hydrogen) atoms. The smallest absolute Gasteiger partial charge is 0.161 e. The molecule has 0 saturated carbocycles. The molecule has 116 valence electrons. The number of ether oxygens (including phenoxy) is 3. The van der Waals surface area contributed by atoms with Crippen molar-refractivity contribution in [3.63, 3.8) is 0 Å². The first-order valence-corrected chi connectivity index (χ1v) is 8.74. The fourth-order valence-electron chi connectivity index (χ4n) is 2.41. The Balaban J connectivity index is 1.67. The lowest BCUT2D eigenvalue weighted by Gasteiger charge is -2.28. The highest BCUT2D eigenvalue weighted by atomic mass is 32.2. The Morgan fingerprint density at radius 2 is 2.05 bits per heavy atom. The molecule has 1 fully saturated rings. The molecule has 1 N–H and O–H groups in total. The second kappa shape index (κ2) is 7.38.